The number of fused-ring (bicyclic) bond motifs is 1. The van der Waals surface area contributed by atoms with Crippen molar-refractivity contribution in [1.29, 1.82) is 0 Å². The van der Waals surface area contributed by atoms with Gasteiger partial charge in [0.1, 0.15) is 6.04 Å². The first-order valence-corrected chi connectivity index (χ1v) is 10.3. The summed E-state index contributed by atoms with van der Waals surface area (Å²) in [6, 6.07) is 11.7. The van der Waals surface area contributed by atoms with Crippen molar-refractivity contribution in [3.8, 4) is 11.5 Å². The number of amides is 3. The first-order chi connectivity index (χ1) is 15.0. The molecular formula is C23H25N3O5. The molecule has 31 heavy (non-hydrogen) atoms. The zero-order valence-electron chi connectivity index (χ0n) is 17.6. The second kappa shape index (κ2) is 8.67. The van der Waals surface area contributed by atoms with E-state index in [-0.39, 0.29) is 23.8 Å². The van der Waals surface area contributed by atoms with Crippen LogP contribution in [0.1, 0.15) is 29.6 Å². The number of ether oxygens (including phenoxy) is 2. The Morgan fingerprint density at radius 3 is 2.48 bits per heavy atom. The van der Waals surface area contributed by atoms with Gasteiger partial charge in [-0.15, -0.1) is 0 Å². The lowest BCUT2D eigenvalue weighted by molar-refractivity contribution is -0.119. The molecule has 8 nitrogen and oxygen atoms in total. The van der Waals surface area contributed by atoms with E-state index < -0.39 is 0 Å². The van der Waals surface area contributed by atoms with Crippen LogP contribution in [0.15, 0.2) is 42.5 Å². The summed E-state index contributed by atoms with van der Waals surface area (Å²) in [5.74, 6) is 0.929. The van der Waals surface area contributed by atoms with Gasteiger partial charge in [0.15, 0.2) is 17.3 Å². The highest BCUT2D eigenvalue weighted by atomic mass is 16.5. The lowest BCUT2D eigenvalue weighted by atomic mass is 10.1. The molecule has 3 amide bonds. The molecule has 2 saturated heterocycles. The van der Waals surface area contributed by atoms with Crippen LogP contribution in [0.5, 0.6) is 11.5 Å². The van der Waals surface area contributed by atoms with Gasteiger partial charge >= 0.3 is 6.03 Å². The van der Waals surface area contributed by atoms with Gasteiger partial charge in [-0.1, -0.05) is 0 Å². The molecule has 2 aromatic carbocycles. The van der Waals surface area contributed by atoms with Crippen LogP contribution in [0.25, 0.3) is 0 Å². The molecule has 1 unspecified atom stereocenters. The second-order valence-electron chi connectivity index (χ2n) is 7.52. The number of nitrogens with zero attached hydrogens (tertiary/aromatic N) is 2. The Balaban J connectivity index is 1.33. The minimum Gasteiger partial charge on any atom is -0.493 e. The number of imide groups is 1. The van der Waals surface area contributed by atoms with Crippen molar-refractivity contribution in [2.24, 2.45) is 0 Å². The Morgan fingerprint density at radius 1 is 1.06 bits per heavy atom. The van der Waals surface area contributed by atoms with Crippen LogP contribution in [0, 0.1) is 0 Å². The highest BCUT2D eigenvalue weighted by Gasteiger charge is 2.47. The van der Waals surface area contributed by atoms with E-state index >= 15 is 0 Å². The molecule has 2 aliphatic heterocycles. The third-order valence-electron chi connectivity index (χ3n) is 5.71. The van der Waals surface area contributed by atoms with Crippen molar-refractivity contribution in [2.45, 2.75) is 25.3 Å². The third kappa shape index (κ3) is 3.93. The monoisotopic (exact) mass is 423 g/mol. The van der Waals surface area contributed by atoms with E-state index in [9.17, 15) is 14.4 Å². The first-order valence-electron chi connectivity index (χ1n) is 10.3. The van der Waals surface area contributed by atoms with E-state index in [0.29, 0.717) is 42.3 Å². The van der Waals surface area contributed by atoms with Crippen LogP contribution < -0.4 is 19.7 Å². The average molecular weight is 423 g/mol. The third-order valence-corrected chi connectivity index (χ3v) is 5.71. The molecular weight excluding hydrogens is 398 g/mol. The summed E-state index contributed by atoms with van der Waals surface area (Å²) in [5.41, 5.74) is 1.93. The maximum atomic E-state index is 12.5. The quantitative estimate of drug-likeness (QED) is 0.518. The molecule has 2 aromatic rings. The van der Waals surface area contributed by atoms with E-state index in [2.05, 4.69) is 5.32 Å². The fourth-order valence-corrected chi connectivity index (χ4v) is 4.06. The van der Waals surface area contributed by atoms with Gasteiger partial charge in [-0.25, -0.2) is 9.69 Å². The number of Topliss-reactive ketones (excluding diaryl/α,β-unsaturated/α-hetero) is 1. The summed E-state index contributed by atoms with van der Waals surface area (Å²) in [5, 5.41) is 3.20. The summed E-state index contributed by atoms with van der Waals surface area (Å²) in [6.45, 7) is 1.09. The molecule has 2 aliphatic rings. The summed E-state index contributed by atoms with van der Waals surface area (Å²) < 4.78 is 10.4. The van der Waals surface area contributed by atoms with Crippen molar-refractivity contribution >= 4 is 29.1 Å². The van der Waals surface area contributed by atoms with Gasteiger partial charge in [0, 0.05) is 30.8 Å². The number of nitrogens with one attached hydrogen (secondary N) is 1. The highest BCUT2D eigenvalue weighted by Crippen LogP contribution is 2.32. The average Bonchev–Trinajstić information content (AvgIpc) is 3.37. The minimum atomic E-state index is -0.312. The molecule has 0 spiro atoms. The Kier molecular flexibility index (Phi) is 5.79. The molecule has 0 radical (unpaired) electrons. The molecule has 4 rings (SSSR count). The van der Waals surface area contributed by atoms with Crippen molar-refractivity contribution in [3.05, 3.63) is 48.0 Å². The molecule has 0 bridgehead atoms. The van der Waals surface area contributed by atoms with Crippen LogP contribution in [0.4, 0.5) is 16.2 Å². The van der Waals surface area contributed by atoms with Crippen LogP contribution in [0.3, 0.4) is 0 Å². The first kappa shape index (κ1) is 20.7. The Morgan fingerprint density at radius 2 is 1.81 bits per heavy atom. The maximum Gasteiger partial charge on any atom is 0.332 e. The van der Waals surface area contributed by atoms with Gasteiger partial charge < -0.3 is 19.7 Å². The van der Waals surface area contributed by atoms with Crippen LogP contribution in [-0.2, 0) is 4.79 Å². The van der Waals surface area contributed by atoms with E-state index in [1.54, 1.807) is 54.5 Å². The highest BCUT2D eigenvalue weighted by molar-refractivity contribution is 6.21. The zero-order chi connectivity index (χ0) is 22.0. The smallest absolute Gasteiger partial charge is 0.332 e. The number of urea groups is 1. The van der Waals surface area contributed by atoms with Gasteiger partial charge in [-0.2, -0.15) is 0 Å². The van der Waals surface area contributed by atoms with Gasteiger partial charge in [0.25, 0.3) is 5.91 Å². The molecule has 2 heterocycles. The number of hydrogen-bond donors (Lipinski definition) is 1. The summed E-state index contributed by atoms with van der Waals surface area (Å²) >= 11 is 0. The van der Waals surface area contributed by atoms with Gasteiger partial charge in [-0.3, -0.25) is 9.59 Å². The predicted octanol–water partition coefficient (Wildman–Crippen LogP) is 3.32. The summed E-state index contributed by atoms with van der Waals surface area (Å²) in [6.07, 6.45) is 1.91. The Labute approximate surface area is 180 Å². The van der Waals surface area contributed by atoms with Crippen LogP contribution in [0.2, 0.25) is 0 Å². The van der Waals surface area contributed by atoms with Gasteiger partial charge in [0.05, 0.1) is 19.9 Å². The van der Waals surface area contributed by atoms with Crippen LogP contribution in [-0.4, -0.2) is 56.0 Å². The van der Waals surface area contributed by atoms with Gasteiger partial charge in [-0.05, 0) is 55.3 Å². The number of anilines is 2. The maximum absolute atomic E-state index is 12.5. The standard InChI is InChI=1S/C23H25N3O5/c1-30-20-10-5-15(14-21(20)31-2)19(27)11-12-24-16-6-8-17(9-7-16)26-22(28)18-4-3-13-25(18)23(26)29/h5-10,14,18,24H,3-4,11-13H2,1-2H3. The number of benzene rings is 2. The lowest BCUT2D eigenvalue weighted by Gasteiger charge is -2.16. The molecule has 2 fully saturated rings. The van der Waals surface area contributed by atoms with Gasteiger partial charge in [0.2, 0.25) is 0 Å². The van der Waals surface area contributed by atoms with Crippen molar-refractivity contribution in [1.82, 2.24) is 4.90 Å². The molecule has 8 heteroatoms. The summed E-state index contributed by atoms with van der Waals surface area (Å²) in [4.78, 5) is 40.4. The van der Waals surface area contributed by atoms with Crippen molar-refractivity contribution in [3.63, 3.8) is 0 Å². The largest absolute Gasteiger partial charge is 0.493 e. The molecule has 0 aliphatic carbocycles. The number of rotatable bonds is 8. The molecule has 0 aromatic heterocycles. The number of hydrogen-bond acceptors (Lipinski definition) is 6. The molecule has 1 N–H and O–H groups in total. The predicted molar refractivity (Wildman–Crippen MR) is 116 cm³/mol. The molecule has 162 valence electrons. The number of carbonyl (C=O) groups excluding carboxylic acids is 3. The summed E-state index contributed by atoms with van der Waals surface area (Å²) in [7, 11) is 3.08. The topological polar surface area (TPSA) is 88.2 Å². The van der Waals surface area contributed by atoms with Crippen LogP contribution >= 0.6 is 0 Å². The number of carbonyl (C=O) groups is 3. The zero-order valence-corrected chi connectivity index (χ0v) is 17.6. The normalized spacial score (nSPS) is 17.7. The Bertz CT molecular complexity index is 983. The fourth-order valence-electron chi connectivity index (χ4n) is 4.06. The fraction of sp³-hybridized carbons (Fsp3) is 0.348. The Hall–Kier alpha value is -3.55. The SMILES string of the molecule is COc1ccc(C(=O)CCNc2ccc(N3C(=O)C4CCCN4C3=O)cc2)cc1OC. The second-order valence-corrected chi connectivity index (χ2v) is 7.52. The van der Waals surface area contributed by atoms with E-state index in [4.69, 9.17) is 9.47 Å². The molecule has 0 saturated carbocycles. The number of ketones is 1. The van der Waals surface area contributed by atoms with Crippen molar-refractivity contribution in [2.75, 3.05) is 37.5 Å². The van der Waals surface area contributed by atoms with E-state index in [1.807, 2.05) is 0 Å². The van der Waals surface area contributed by atoms with E-state index in [0.717, 1.165) is 18.5 Å². The minimum absolute atomic E-state index is 0.0149. The number of methoxy groups -OCH3 is 2. The van der Waals surface area contributed by atoms with Crippen molar-refractivity contribution < 1.29 is 23.9 Å². The van der Waals surface area contributed by atoms with E-state index in [1.165, 1.54) is 12.0 Å². The lowest BCUT2D eigenvalue weighted by Crippen LogP contribution is -2.32. The molecule has 1 atom stereocenters.